The van der Waals surface area contributed by atoms with Gasteiger partial charge in [-0.3, -0.25) is 4.98 Å². The topological polar surface area (TPSA) is 57.9 Å². The van der Waals surface area contributed by atoms with E-state index in [0.29, 0.717) is 6.54 Å². The minimum Gasteiger partial charge on any atom is -0.478 e. The zero-order chi connectivity index (χ0) is 13.3. The lowest BCUT2D eigenvalue weighted by Gasteiger charge is -2.10. The van der Waals surface area contributed by atoms with Crippen molar-refractivity contribution in [2.75, 3.05) is 6.61 Å². The lowest BCUT2D eigenvalue weighted by atomic mass is 10.2. The second kappa shape index (κ2) is 7.14. The number of nitrogens with one attached hydrogen (secondary N) is 1. The second-order valence-corrected chi connectivity index (χ2v) is 4.02. The highest BCUT2D eigenvalue weighted by molar-refractivity contribution is 5.33. The van der Waals surface area contributed by atoms with Gasteiger partial charge < -0.3 is 10.1 Å². The Labute approximate surface area is 112 Å². The fraction of sp³-hybridized carbons (Fsp3) is 0.200. The van der Waals surface area contributed by atoms with E-state index in [1.54, 1.807) is 6.20 Å². The van der Waals surface area contributed by atoms with Crippen molar-refractivity contribution in [3.05, 3.63) is 59.9 Å². The Morgan fingerprint density at radius 1 is 1.16 bits per heavy atom. The first-order chi connectivity index (χ1) is 9.40. The van der Waals surface area contributed by atoms with Gasteiger partial charge in [-0.25, -0.2) is 0 Å². The molecule has 0 amide bonds. The van der Waals surface area contributed by atoms with E-state index in [4.69, 9.17) is 10.00 Å². The van der Waals surface area contributed by atoms with E-state index < -0.39 is 0 Å². The molecule has 96 valence electrons. The van der Waals surface area contributed by atoms with Gasteiger partial charge in [-0.1, -0.05) is 24.3 Å². The van der Waals surface area contributed by atoms with E-state index in [1.807, 2.05) is 48.7 Å². The summed E-state index contributed by atoms with van der Waals surface area (Å²) in [6.45, 7) is 1.51. The van der Waals surface area contributed by atoms with Crippen LogP contribution in [-0.4, -0.2) is 11.6 Å². The molecule has 1 aromatic heterocycles. The number of nitriles is 1. The first-order valence-corrected chi connectivity index (χ1v) is 6.07. The smallest absolute Gasteiger partial charge is 0.174 e. The Kier molecular flexibility index (Phi) is 4.91. The van der Waals surface area contributed by atoms with Crippen LogP contribution in [0.4, 0.5) is 0 Å². The van der Waals surface area contributed by atoms with E-state index in [0.717, 1.165) is 23.4 Å². The van der Waals surface area contributed by atoms with Crippen molar-refractivity contribution in [2.24, 2.45) is 0 Å². The van der Waals surface area contributed by atoms with E-state index in [-0.39, 0.29) is 6.61 Å². The van der Waals surface area contributed by atoms with E-state index >= 15 is 0 Å². The number of pyridine rings is 1. The third kappa shape index (κ3) is 4.09. The van der Waals surface area contributed by atoms with Gasteiger partial charge in [-0.15, -0.1) is 0 Å². The van der Waals surface area contributed by atoms with Gasteiger partial charge in [0.1, 0.15) is 11.8 Å². The summed E-state index contributed by atoms with van der Waals surface area (Å²) in [5.74, 6) is 0.753. The SMILES string of the molecule is N#CCOc1ccccc1CNCc1cccnc1. The molecule has 1 heterocycles. The van der Waals surface area contributed by atoms with Crippen LogP contribution in [0.5, 0.6) is 5.75 Å². The van der Waals surface area contributed by atoms with Gasteiger partial charge in [0.25, 0.3) is 0 Å². The fourth-order valence-electron chi connectivity index (χ4n) is 1.74. The van der Waals surface area contributed by atoms with Crippen LogP contribution in [0.3, 0.4) is 0 Å². The summed E-state index contributed by atoms with van der Waals surface area (Å²) >= 11 is 0. The third-order valence-corrected chi connectivity index (χ3v) is 2.63. The predicted molar refractivity (Wildman–Crippen MR) is 72.3 cm³/mol. The Morgan fingerprint density at radius 2 is 2.05 bits per heavy atom. The predicted octanol–water partition coefficient (Wildman–Crippen LogP) is 2.27. The van der Waals surface area contributed by atoms with Gasteiger partial charge in [-0.05, 0) is 17.7 Å². The molecule has 0 spiro atoms. The van der Waals surface area contributed by atoms with Crippen molar-refractivity contribution in [3.63, 3.8) is 0 Å². The number of benzene rings is 1. The van der Waals surface area contributed by atoms with Crippen LogP contribution in [0.15, 0.2) is 48.8 Å². The van der Waals surface area contributed by atoms with Crippen LogP contribution >= 0.6 is 0 Å². The number of hydrogen-bond donors (Lipinski definition) is 1. The molecule has 0 atom stereocenters. The second-order valence-electron chi connectivity index (χ2n) is 4.02. The van der Waals surface area contributed by atoms with Crippen LogP contribution in [0.1, 0.15) is 11.1 Å². The molecule has 1 N–H and O–H groups in total. The maximum Gasteiger partial charge on any atom is 0.174 e. The van der Waals surface area contributed by atoms with Crippen molar-refractivity contribution >= 4 is 0 Å². The normalized spacial score (nSPS) is 9.84. The summed E-state index contributed by atoms with van der Waals surface area (Å²) in [6.07, 6.45) is 3.60. The molecule has 0 saturated carbocycles. The van der Waals surface area contributed by atoms with Gasteiger partial charge in [0.2, 0.25) is 0 Å². The van der Waals surface area contributed by atoms with Gasteiger partial charge in [0.15, 0.2) is 6.61 Å². The van der Waals surface area contributed by atoms with Crippen LogP contribution in [0.2, 0.25) is 0 Å². The Balaban J connectivity index is 1.90. The number of rotatable bonds is 6. The van der Waals surface area contributed by atoms with Crippen LogP contribution in [0.25, 0.3) is 0 Å². The summed E-state index contributed by atoms with van der Waals surface area (Å²) in [5.41, 5.74) is 2.18. The molecule has 4 nitrogen and oxygen atoms in total. The molecule has 0 aliphatic rings. The van der Waals surface area contributed by atoms with Crippen molar-refractivity contribution < 1.29 is 4.74 Å². The minimum absolute atomic E-state index is 0.0691. The van der Waals surface area contributed by atoms with Crippen LogP contribution in [0, 0.1) is 11.3 Å². The van der Waals surface area contributed by atoms with Crippen molar-refractivity contribution in [2.45, 2.75) is 13.1 Å². The lowest BCUT2D eigenvalue weighted by molar-refractivity contribution is 0.362. The monoisotopic (exact) mass is 253 g/mol. The molecule has 2 rings (SSSR count). The number of ether oxygens (including phenoxy) is 1. The fourth-order valence-corrected chi connectivity index (χ4v) is 1.74. The highest BCUT2D eigenvalue weighted by atomic mass is 16.5. The van der Waals surface area contributed by atoms with E-state index in [9.17, 15) is 0 Å². The van der Waals surface area contributed by atoms with Crippen LogP contribution in [-0.2, 0) is 13.1 Å². The molecule has 0 bridgehead atoms. The number of nitrogens with zero attached hydrogens (tertiary/aromatic N) is 2. The molecule has 0 unspecified atom stereocenters. The summed E-state index contributed by atoms with van der Waals surface area (Å²) in [4.78, 5) is 4.07. The lowest BCUT2D eigenvalue weighted by Crippen LogP contribution is -2.13. The molecule has 0 radical (unpaired) electrons. The summed E-state index contributed by atoms with van der Waals surface area (Å²) in [5, 5.41) is 11.9. The zero-order valence-corrected chi connectivity index (χ0v) is 10.5. The first kappa shape index (κ1) is 13.1. The van der Waals surface area contributed by atoms with Crippen LogP contribution < -0.4 is 10.1 Å². The number of aromatic nitrogens is 1. The standard InChI is InChI=1S/C15H15N3O/c16-7-9-19-15-6-2-1-5-14(15)12-18-11-13-4-3-8-17-10-13/h1-6,8,10,18H,9,11-12H2. The van der Waals surface area contributed by atoms with Crippen molar-refractivity contribution in [1.29, 1.82) is 5.26 Å². The third-order valence-electron chi connectivity index (χ3n) is 2.63. The van der Waals surface area contributed by atoms with Gasteiger partial charge in [0.05, 0.1) is 0 Å². The molecule has 0 fully saturated rings. The molecule has 0 aliphatic heterocycles. The van der Waals surface area contributed by atoms with Gasteiger partial charge in [-0.2, -0.15) is 5.26 Å². The summed E-state index contributed by atoms with van der Waals surface area (Å²) in [7, 11) is 0. The molecule has 1 aromatic carbocycles. The average Bonchev–Trinajstić information content (AvgIpc) is 2.47. The molecule has 2 aromatic rings. The van der Waals surface area contributed by atoms with Crippen molar-refractivity contribution in [1.82, 2.24) is 10.3 Å². The largest absolute Gasteiger partial charge is 0.478 e. The Bertz CT molecular complexity index is 549. The molecule has 0 saturated heterocycles. The van der Waals surface area contributed by atoms with Crippen molar-refractivity contribution in [3.8, 4) is 11.8 Å². The minimum atomic E-state index is 0.0691. The molecule has 0 aliphatic carbocycles. The Hall–Kier alpha value is -2.38. The number of hydrogen-bond acceptors (Lipinski definition) is 4. The van der Waals surface area contributed by atoms with E-state index in [2.05, 4.69) is 10.3 Å². The molecular formula is C15H15N3O. The summed E-state index contributed by atoms with van der Waals surface area (Å²) in [6, 6.07) is 13.6. The maximum atomic E-state index is 8.55. The molecular weight excluding hydrogens is 238 g/mol. The highest BCUT2D eigenvalue weighted by Crippen LogP contribution is 2.17. The molecule has 19 heavy (non-hydrogen) atoms. The maximum absolute atomic E-state index is 8.55. The first-order valence-electron chi connectivity index (χ1n) is 6.07. The van der Waals surface area contributed by atoms with E-state index in [1.165, 1.54) is 0 Å². The number of para-hydroxylation sites is 1. The van der Waals surface area contributed by atoms with Gasteiger partial charge in [0, 0.05) is 31.0 Å². The Morgan fingerprint density at radius 3 is 2.84 bits per heavy atom. The summed E-state index contributed by atoms with van der Waals surface area (Å²) < 4.78 is 5.38. The zero-order valence-electron chi connectivity index (χ0n) is 10.5. The highest BCUT2D eigenvalue weighted by Gasteiger charge is 2.02. The average molecular weight is 253 g/mol. The molecule has 4 heteroatoms. The van der Waals surface area contributed by atoms with Gasteiger partial charge >= 0.3 is 0 Å². The quantitative estimate of drug-likeness (QED) is 0.858.